The van der Waals surface area contributed by atoms with Gasteiger partial charge in [0.1, 0.15) is 5.82 Å². The van der Waals surface area contributed by atoms with Crippen molar-refractivity contribution < 1.29 is 13.9 Å². The Balaban J connectivity index is 1.29. The minimum Gasteiger partial charge on any atom is -0.463 e. The molecule has 5 aromatic carbocycles. The highest BCUT2D eigenvalue weighted by Gasteiger charge is 2.41. The van der Waals surface area contributed by atoms with E-state index in [2.05, 4.69) is 67.7 Å². The molecule has 274 valence electrons. The van der Waals surface area contributed by atoms with Gasteiger partial charge in [-0.15, -0.1) is 15.0 Å². The van der Waals surface area contributed by atoms with Crippen molar-refractivity contribution in [2.24, 2.45) is 5.92 Å². The van der Waals surface area contributed by atoms with Crippen LogP contribution >= 0.6 is 0 Å². The number of aromatic nitrogens is 4. The molecular weight excluding hydrogens is 676 g/mol. The number of rotatable bonds is 13. The minimum absolute atomic E-state index is 0.154. The summed E-state index contributed by atoms with van der Waals surface area (Å²) < 4.78 is 21.9. The maximum atomic E-state index is 16.4. The monoisotopic (exact) mass is 720 g/mol. The summed E-state index contributed by atoms with van der Waals surface area (Å²) in [6, 6.07) is 43.1. The largest absolute Gasteiger partial charge is 0.463 e. The van der Waals surface area contributed by atoms with Crippen LogP contribution in [0.15, 0.2) is 145 Å². The van der Waals surface area contributed by atoms with Crippen LogP contribution in [0.25, 0.3) is 22.5 Å². The van der Waals surface area contributed by atoms with Crippen molar-refractivity contribution in [3.8, 4) is 22.5 Å². The van der Waals surface area contributed by atoms with Crippen LogP contribution in [-0.2, 0) is 21.5 Å². The number of hydrogen-bond donors (Lipinski definition) is 1. The van der Waals surface area contributed by atoms with Gasteiger partial charge < -0.3 is 9.75 Å². The molecule has 7 rings (SSSR count). The molecule has 0 spiro atoms. The van der Waals surface area contributed by atoms with Gasteiger partial charge in [0.2, 0.25) is 5.82 Å². The second-order valence-corrected chi connectivity index (χ2v) is 13.8. The fraction of sp³-hybridized carbons (Fsp3) is 0.244. The van der Waals surface area contributed by atoms with Gasteiger partial charge in [0.15, 0.2) is 5.54 Å². The lowest BCUT2D eigenvalue weighted by molar-refractivity contribution is -0.139. The first-order valence-corrected chi connectivity index (χ1v) is 18.7. The lowest BCUT2D eigenvalue weighted by Crippen LogP contribution is -2.41. The highest BCUT2D eigenvalue weighted by Crippen LogP contribution is 2.41. The van der Waals surface area contributed by atoms with Crippen LogP contribution in [-0.4, -0.2) is 50.4 Å². The van der Waals surface area contributed by atoms with Crippen molar-refractivity contribution in [3.63, 3.8) is 0 Å². The van der Waals surface area contributed by atoms with E-state index < -0.39 is 5.54 Å². The predicted octanol–water partition coefficient (Wildman–Crippen LogP) is 8.60. The number of benzene rings is 5. The number of hydrogen-bond acceptors (Lipinski definition) is 7. The van der Waals surface area contributed by atoms with Gasteiger partial charge in [-0.2, -0.15) is 0 Å². The van der Waals surface area contributed by atoms with Gasteiger partial charge in [-0.1, -0.05) is 148 Å². The lowest BCUT2D eigenvalue weighted by atomic mass is 9.77. The van der Waals surface area contributed by atoms with E-state index >= 15 is 4.39 Å². The van der Waals surface area contributed by atoms with Crippen LogP contribution in [0.4, 0.5) is 4.39 Å². The molecule has 0 amide bonds. The van der Waals surface area contributed by atoms with Crippen LogP contribution < -0.4 is 5.43 Å². The number of carbonyl (C=O) groups excluding carboxylic acids is 1. The van der Waals surface area contributed by atoms with E-state index in [9.17, 15) is 4.79 Å². The van der Waals surface area contributed by atoms with Crippen molar-refractivity contribution in [3.05, 3.63) is 173 Å². The van der Waals surface area contributed by atoms with E-state index in [0.717, 1.165) is 34.4 Å². The highest BCUT2D eigenvalue weighted by molar-refractivity contribution is 5.91. The van der Waals surface area contributed by atoms with Gasteiger partial charge in [-0.3, -0.25) is 0 Å². The Bertz CT molecular complexity index is 2140. The van der Waals surface area contributed by atoms with Crippen molar-refractivity contribution in [2.45, 2.75) is 52.1 Å². The molecule has 54 heavy (non-hydrogen) atoms. The van der Waals surface area contributed by atoms with Gasteiger partial charge >= 0.3 is 5.97 Å². The molecule has 1 aliphatic rings. The van der Waals surface area contributed by atoms with E-state index in [1.807, 2.05) is 96.9 Å². The van der Waals surface area contributed by atoms with Crippen LogP contribution in [0.1, 0.15) is 56.4 Å². The fourth-order valence-electron chi connectivity index (χ4n) is 7.53. The van der Waals surface area contributed by atoms with Crippen LogP contribution in [0.3, 0.4) is 0 Å². The summed E-state index contributed by atoms with van der Waals surface area (Å²) in [6.45, 7) is 9.05. The van der Waals surface area contributed by atoms with Gasteiger partial charge in [-0.05, 0) is 58.4 Å². The number of tetrazole rings is 1. The normalized spacial score (nSPS) is 14.6. The van der Waals surface area contributed by atoms with Crippen molar-refractivity contribution in [2.75, 3.05) is 13.2 Å². The molecule has 1 N–H and O–H groups in total. The summed E-state index contributed by atoms with van der Waals surface area (Å²) in [7, 11) is 0. The number of hydrazine groups is 1. The number of nitrogens with zero attached hydrogens (tertiary/aromatic N) is 5. The summed E-state index contributed by atoms with van der Waals surface area (Å²) in [6.07, 6.45) is 1.25. The fourth-order valence-corrected chi connectivity index (χ4v) is 7.53. The van der Waals surface area contributed by atoms with Gasteiger partial charge in [0.05, 0.1) is 18.2 Å². The van der Waals surface area contributed by atoms with E-state index in [1.165, 1.54) is 0 Å². The first kappa shape index (κ1) is 36.4. The number of halogens is 1. The Kier molecular flexibility index (Phi) is 10.8. The van der Waals surface area contributed by atoms with Gasteiger partial charge in [0, 0.05) is 29.8 Å². The van der Waals surface area contributed by atoms with Crippen LogP contribution in [0.5, 0.6) is 0 Å². The Labute approximate surface area is 316 Å². The third kappa shape index (κ3) is 6.83. The van der Waals surface area contributed by atoms with E-state index in [-0.39, 0.29) is 30.4 Å². The second kappa shape index (κ2) is 16.0. The van der Waals surface area contributed by atoms with Crippen LogP contribution in [0, 0.1) is 11.7 Å². The average Bonchev–Trinajstić information content (AvgIpc) is 3.83. The number of ether oxygens (including phenoxy) is 1. The zero-order valence-corrected chi connectivity index (χ0v) is 31.1. The standard InChI is InChI=1S/C45H45FN6O2/c1-5-28-51-40(41(44(53)54-6-2)42(48-51)31(3)4)30-32-26-27-37(39(46)29-32)36-24-16-17-25-38(36)43-47-50-52(49-43)45(33-18-10-7-11-19-33,34-20-12-8-13-21-34)35-22-14-9-15-23-35/h7-27,29,31,42,48H,5-6,28,30H2,1-4H3. The minimum atomic E-state index is -0.941. The number of nitrogens with one attached hydrogen (secondary N) is 1. The van der Waals surface area contributed by atoms with Crippen molar-refractivity contribution >= 4 is 5.97 Å². The molecule has 8 nitrogen and oxygen atoms in total. The van der Waals surface area contributed by atoms with Crippen LogP contribution in [0.2, 0.25) is 0 Å². The molecule has 0 saturated heterocycles. The Hall–Kier alpha value is -5.93. The molecule has 1 atom stereocenters. The molecule has 0 bridgehead atoms. The van der Waals surface area contributed by atoms with Gasteiger partial charge in [0.25, 0.3) is 0 Å². The molecular formula is C45H45FN6O2. The van der Waals surface area contributed by atoms with Crippen molar-refractivity contribution in [1.82, 2.24) is 30.6 Å². The highest BCUT2D eigenvalue weighted by atomic mass is 19.1. The molecule has 9 heteroatoms. The quantitative estimate of drug-likeness (QED) is 0.0945. The zero-order valence-electron chi connectivity index (χ0n) is 31.1. The first-order chi connectivity index (χ1) is 26.4. The third-order valence-corrected chi connectivity index (χ3v) is 10.0. The molecule has 2 heterocycles. The SMILES string of the molecule is CCCN1NC(C(C)C)C(C(=O)OCC)=C1Cc1ccc(-c2ccccc2-c2nnn(C(c3ccccc3)(c3ccccc3)c3ccccc3)n2)c(F)c1. The molecule has 0 aliphatic carbocycles. The number of allylic oxidation sites excluding steroid dienone is 1. The predicted molar refractivity (Wildman–Crippen MR) is 209 cm³/mol. The maximum absolute atomic E-state index is 16.4. The molecule has 1 aliphatic heterocycles. The Morgan fingerprint density at radius 2 is 1.37 bits per heavy atom. The lowest BCUT2D eigenvalue weighted by Gasteiger charge is -2.34. The number of esters is 1. The summed E-state index contributed by atoms with van der Waals surface area (Å²) in [5.41, 5.74) is 9.38. The summed E-state index contributed by atoms with van der Waals surface area (Å²) in [5, 5.41) is 16.5. The second-order valence-electron chi connectivity index (χ2n) is 13.8. The zero-order chi connectivity index (χ0) is 37.7. The third-order valence-electron chi connectivity index (χ3n) is 10.0. The molecule has 0 saturated carbocycles. The maximum Gasteiger partial charge on any atom is 0.337 e. The topological polar surface area (TPSA) is 85.2 Å². The average molecular weight is 721 g/mol. The molecule has 1 unspecified atom stereocenters. The molecule has 6 aromatic rings. The Morgan fingerprint density at radius 1 is 0.796 bits per heavy atom. The van der Waals surface area contributed by atoms with E-state index in [1.54, 1.807) is 16.9 Å². The number of carbonyl (C=O) groups is 1. The van der Waals surface area contributed by atoms with E-state index in [0.29, 0.717) is 41.1 Å². The summed E-state index contributed by atoms with van der Waals surface area (Å²) >= 11 is 0. The van der Waals surface area contributed by atoms with E-state index in [4.69, 9.17) is 15.0 Å². The van der Waals surface area contributed by atoms with Crippen molar-refractivity contribution in [1.29, 1.82) is 0 Å². The molecule has 0 radical (unpaired) electrons. The van der Waals surface area contributed by atoms with Gasteiger partial charge in [-0.25, -0.2) is 14.6 Å². The Morgan fingerprint density at radius 3 is 1.91 bits per heavy atom. The molecule has 1 aromatic heterocycles. The first-order valence-electron chi connectivity index (χ1n) is 18.7. The summed E-state index contributed by atoms with van der Waals surface area (Å²) in [4.78, 5) is 14.9. The molecule has 0 fully saturated rings. The summed E-state index contributed by atoms with van der Waals surface area (Å²) in [5.74, 6) is -0.190. The smallest absolute Gasteiger partial charge is 0.337 e.